The molecule has 1 amide bonds. The van der Waals surface area contributed by atoms with E-state index in [1.165, 1.54) is 0 Å². The Bertz CT molecular complexity index is 550. The Morgan fingerprint density at radius 3 is 2.45 bits per heavy atom. The first-order valence-corrected chi connectivity index (χ1v) is 6.90. The predicted molar refractivity (Wildman–Crippen MR) is 77.3 cm³/mol. The van der Waals surface area contributed by atoms with Crippen LogP contribution in [-0.4, -0.2) is 29.6 Å². The van der Waals surface area contributed by atoms with Gasteiger partial charge in [-0.1, -0.05) is 6.92 Å². The van der Waals surface area contributed by atoms with E-state index in [2.05, 4.69) is 11.8 Å². The average Bonchev–Trinajstić information content (AvgIpc) is 3.19. The molecule has 0 radical (unpaired) electrons. The zero-order chi connectivity index (χ0) is 14.9. The predicted octanol–water partition coefficient (Wildman–Crippen LogP) is 2.17. The summed E-state index contributed by atoms with van der Waals surface area (Å²) < 4.78 is 0. The standard InChI is InChI=1S/C15H20N2O3/c1-3-6-17(10-4-5-10)13-8-11(15(19)20)9(2)7-12(13)14(16)18/h7-8,10H,3-6H2,1-2H3,(H2,16,18)(H,19,20). The molecule has 0 aromatic heterocycles. The van der Waals surface area contributed by atoms with Gasteiger partial charge in [0.05, 0.1) is 16.8 Å². The molecule has 20 heavy (non-hydrogen) atoms. The molecule has 0 heterocycles. The second-order valence-corrected chi connectivity index (χ2v) is 5.28. The van der Waals surface area contributed by atoms with Crippen molar-refractivity contribution in [2.45, 2.75) is 39.2 Å². The Morgan fingerprint density at radius 2 is 2.00 bits per heavy atom. The van der Waals surface area contributed by atoms with Crippen molar-refractivity contribution in [1.82, 2.24) is 0 Å². The summed E-state index contributed by atoms with van der Waals surface area (Å²) in [4.78, 5) is 25.1. The topological polar surface area (TPSA) is 83.6 Å². The molecule has 1 aromatic carbocycles. The summed E-state index contributed by atoms with van der Waals surface area (Å²) in [5.41, 5.74) is 7.30. The fraction of sp³-hybridized carbons (Fsp3) is 0.467. The van der Waals surface area contributed by atoms with Crippen molar-refractivity contribution in [1.29, 1.82) is 0 Å². The van der Waals surface area contributed by atoms with Gasteiger partial charge in [-0.15, -0.1) is 0 Å². The van der Waals surface area contributed by atoms with E-state index in [0.717, 1.165) is 25.8 Å². The number of carbonyl (C=O) groups excluding carboxylic acids is 1. The number of anilines is 1. The molecule has 5 nitrogen and oxygen atoms in total. The molecule has 0 spiro atoms. The van der Waals surface area contributed by atoms with E-state index < -0.39 is 11.9 Å². The molecule has 0 bridgehead atoms. The van der Waals surface area contributed by atoms with Gasteiger partial charge >= 0.3 is 5.97 Å². The van der Waals surface area contributed by atoms with Crippen LogP contribution >= 0.6 is 0 Å². The summed E-state index contributed by atoms with van der Waals surface area (Å²) in [5.74, 6) is -1.49. The first-order valence-electron chi connectivity index (χ1n) is 6.90. The molecular formula is C15H20N2O3. The molecule has 1 aliphatic rings. The van der Waals surface area contributed by atoms with Crippen LogP contribution in [0.4, 0.5) is 5.69 Å². The molecule has 1 aliphatic carbocycles. The van der Waals surface area contributed by atoms with Crippen LogP contribution in [0.1, 0.15) is 52.5 Å². The largest absolute Gasteiger partial charge is 0.478 e. The smallest absolute Gasteiger partial charge is 0.336 e. The lowest BCUT2D eigenvalue weighted by Crippen LogP contribution is -2.30. The Hall–Kier alpha value is -2.04. The van der Waals surface area contributed by atoms with Gasteiger partial charge in [-0.3, -0.25) is 4.79 Å². The third kappa shape index (κ3) is 2.76. The van der Waals surface area contributed by atoms with Gasteiger partial charge in [-0.2, -0.15) is 0 Å². The Balaban J connectivity index is 2.54. The number of hydrogen-bond donors (Lipinski definition) is 2. The summed E-state index contributed by atoms with van der Waals surface area (Å²) in [7, 11) is 0. The first kappa shape index (κ1) is 14.4. The number of aromatic carboxylic acids is 1. The highest BCUT2D eigenvalue weighted by atomic mass is 16.4. The molecule has 3 N–H and O–H groups in total. The minimum absolute atomic E-state index is 0.228. The van der Waals surface area contributed by atoms with Crippen LogP contribution in [0, 0.1) is 6.92 Å². The van der Waals surface area contributed by atoms with Crippen molar-refractivity contribution in [3.05, 3.63) is 28.8 Å². The fourth-order valence-corrected chi connectivity index (χ4v) is 2.49. The van der Waals surface area contributed by atoms with Gasteiger partial charge in [0, 0.05) is 12.6 Å². The van der Waals surface area contributed by atoms with Crippen LogP contribution in [0.2, 0.25) is 0 Å². The molecule has 1 saturated carbocycles. The zero-order valence-corrected chi connectivity index (χ0v) is 11.8. The number of hydrogen-bond acceptors (Lipinski definition) is 3. The van der Waals surface area contributed by atoms with Gasteiger partial charge < -0.3 is 15.7 Å². The van der Waals surface area contributed by atoms with Crippen LogP contribution in [0.25, 0.3) is 0 Å². The van der Waals surface area contributed by atoms with E-state index in [1.54, 1.807) is 19.1 Å². The number of carboxylic acid groups (broad SMARTS) is 1. The Morgan fingerprint density at radius 1 is 1.35 bits per heavy atom. The highest BCUT2D eigenvalue weighted by molar-refractivity contribution is 6.01. The van der Waals surface area contributed by atoms with E-state index in [4.69, 9.17) is 5.73 Å². The van der Waals surface area contributed by atoms with Crippen molar-refractivity contribution < 1.29 is 14.7 Å². The summed E-state index contributed by atoms with van der Waals surface area (Å²) in [5, 5.41) is 9.25. The molecule has 1 aromatic rings. The lowest BCUT2D eigenvalue weighted by molar-refractivity contribution is 0.0695. The quantitative estimate of drug-likeness (QED) is 0.834. The van der Waals surface area contributed by atoms with Gasteiger partial charge in [0.1, 0.15) is 0 Å². The highest BCUT2D eigenvalue weighted by Crippen LogP contribution is 2.35. The fourth-order valence-electron chi connectivity index (χ4n) is 2.49. The molecular weight excluding hydrogens is 256 g/mol. The third-order valence-electron chi connectivity index (χ3n) is 3.60. The van der Waals surface area contributed by atoms with Crippen LogP contribution in [0.5, 0.6) is 0 Å². The maximum absolute atomic E-state index is 11.7. The minimum Gasteiger partial charge on any atom is -0.478 e. The van der Waals surface area contributed by atoms with Gasteiger partial charge in [0.15, 0.2) is 0 Å². The average molecular weight is 276 g/mol. The number of carboxylic acids is 1. The van der Waals surface area contributed by atoms with Crippen LogP contribution in [-0.2, 0) is 0 Å². The van der Waals surface area contributed by atoms with E-state index >= 15 is 0 Å². The van der Waals surface area contributed by atoms with Gasteiger partial charge in [0.25, 0.3) is 5.91 Å². The summed E-state index contributed by atoms with van der Waals surface area (Å²) in [6.07, 6.45) is 3.09. The summed E-state index contributed by atoms with van der Waals surface area (Å²) >= 11 is 0. The van der Waals surface area contributed by atoms with E-state index in [9.17, 15) is 14.7 Å². The van der Waals surface area contributed by atoms with Crippen LogP contribution in [0.3, 0.4) is 0 Å². The molecule has 0 saturated heterocycles. The highest BCUT2D eigenvalue weighted by Gasteiger charge is 2.31. The molecule has 0 unspecified atom stereocenters. The maximum atomic E-state index is 11.7. The molecule has 0 atom stereocenters. The number of rotatable bonds is 6. The van der Waals surface area contributed by atoms with Crippen molar-refractivity contribution >= 4 is 17.6 Å². The molecule has 0 aliphatic heterocycles. The van der Waals surface area contributed by atoms with Crippen LogP contribution < -0.4 is 10.6 Å². The molecule has 108 valence electrons. The van der Waals surface area contributed by atoms with E-state index in [1.807, 2.05) is 0 Å². The molecule has 2 rings (SSSR count). The second kappa shape index (κ2) is 5.53. The van der Waals surface area contributed by atoms with Gasteiger partial charge in [0.2, 0.25) is 0 Å². The SMILES string of the molecule is CCCN(c1cc(C(=O)O)c(C)cc1C(N)=O)C1CC1. The number of carbonyl (C=O) groups is 2. The number of aryl methyl sites for hydroxylation is 1. The third-order valence-corrected chi connectivity index (χ3v) is 3.60. The van der Waals surface area contributed by atoms with Crippen LogP contribution in [0.15, 0.2) is 12.1 Å². The number of benzene rings is 1. The summed E-state index contributed by atoms with van der Waals surface area (Å²) in [6.45, 7) is 4.54. The minimum atomic E-state index is -0.980. The maximum Gasteiger partial charge on any atom is 0.336 e. The van der Waals surface area contributed by atoms with E-state index in [0.29, 0.717) is 22.9 Å². The lowest BCUT2D eigenvalue weighted by Gasteiger charge is -2.26. The number of primary amides is 1. The van der Waals surface area contributed by atoms with Crippen molar-refractivity contribution in [3.8, 4) is 0 Å². The summed E-state index contributed by atoms with van der Waals surface area (Å²) in [6, 6.07) is 3.58. The van der Waals surface area contributed by atoms with Crippen molar-refractivity contribution in [2.75, 3.05) is 11.4 Å². The zero-order valence-electron chi connectivity index (χ0n) is 11.8. The molecule has 1 fully saturated rings. The van der Waals surface area contributed by atoms with Crippen molar-refractivity contribution in [3.63, 3.8) is 0 Å². The normalized spacial score (nSPS) is 14.1. The van der Waals surface area contributed by atoms with Crippen molar-refractivity contribution in [2.24, 2.45) is 5.73 Å². The first-order chi connectivity index (χ1) is 9.45. The van der Waals surface area contributed by atoms with Gasteiger partial charge in [-0.25, -0.2) is 4.79 Å². The number of nitrogens with two attached hydrogens (primary N) is 1. The Kier molecular flexibility index (Phi) is 3.97. The lowest BCUT2D eigenvalue weighted by atomic mass is 10.0. The van der Waals surface area contributed by atoms with E-state index in [-0.39, 0.29) is 5.56 Å². The molecule has 5 heteroatoms. The van der Waals surface area contributed by atoms with Gasteiger partial charge in [-0.05, 0) is 43.9 Å². The second-order valence-electron chi connectivity index (χ2n) is 5.28. The Labute approximate surface area is 118 Å². The number of nitrogens with zero attached hydrogens (tertiary/aromatic N) is 1. The monoisotopic (exact) mass is 276 g/mol. The number of amides is 1.